The molecule has 3 aromatic carbocycles. The van der Waals surface area contributed by atoms with Crippen molar-refractivity contribution in [1.29, 1.82) is 0 Å². The molecule has 2 aliphatic heterocycles. The fraction of sp³-hybridized carbons (Fsp3) is 0.344. The molecule has 4 aromatic rings. The van der Waals surface area contributed by atoms with Crippen molar-refractivity contribution >= 4 is 22.7 Å². The Morgan fingerprint density at radius 3 is 2.61 bits per heavy atom. The molecule has 0 saturated carbocycles. The normalized spacial score (nSPS) is 17.6. The van der Waals surface area contributed by atoms with Crippen LogP contribution in [0.15, 0.2) is 66.9 Å². The Morgan fingerprint density at radius 2 is 1.86 bits per heavy atom. The van der Waals surface area contributed by atoms with E-state index in [-0.39, 0.29) is 18.4 Å². The topological polar surface area (TPSA) is 113 Å². The van der Waals surface area contributed by atoms with Crippen LogP contribution in [0.5, 0.6) is 17.2 Å². The van der Waals surface area contributed by atoms with Crippen molar-refractivity contribution in [2.24, 2.45) is 0 Å². The molecule has 44 heavy (non-hydrogen) atoms. The first kappa shape index (κ1) is 29.4. The number of hydrogen-bond donors (Lipinski definition) is 2. The highest BCUT2D eigenvalue weighted by molar-refractivity contribution is 5.95. The van der Waals surface area contributed by atoms with Gasteiger partial charge in [0.25, 0.3) is 11.8 Å². The van der Waals surface area contributed by atoms with Gasteiger partial charge in [0.15, 0.2) is 11.5 Å². The van der Waals surface area contributed by atoms with Gasteiger partial charge in [0.2, 0.25) is 5.72 Å². The smallest absolute Gasteiger partial charge is 0.322 e. The molecule has 0 bridgehead atoms. The molecule has 2 unspecified atom stereocenters. The number of carbonyl (C=O) groups is 2. The van der Waals surface area contributed by atoms with E-state index in [2.05, 4.69) is 15.7 Å². The summed E-state index contributed by atoms with van der Waals surface area (Å²) in [4.78, 5) is 25.4. The van der Waals surface area contributed by atoms with Crippen molar-refractivity contribution in [3.8, 4) is 22.9 Å². The summed E-state index contributed by atoms with van der Waals surface area (Å²) in [6.45, 7) is 4.11. The van der Waals surface area contributed by atoms with Gasteiger partial charge in [-0.3, -0.25) is 9.59 Å². The van der Waals surface area contributed by atoms with E-state index in [0.717, 1.165) is 11.9 Å². The third kappa shape index (κ3) is 5.89. The van der Waals surface area contributed by atoms with E-state index in [1.165, 1.54) is 0 Å². The molecule has 230 valence electrons. The van der Waals surface area contributed by atoms with Crippen LogP contribution >= 0.6 is 0 Å². The third-order valence-electron chi connectivity index (χ3n) is 7.67. The van der Waals surface area contributed by atoms with Crippen LogP contribution in [0.25, 0.3) is 16.6 Å². The zero-order chi connectivity index (χ0) is 30.9. The number of halogens is 2. The van der Waals surface area contributed by atoms with Crippen molar-refractivity contribution in [2.45, 2.75) is 44.4 Å². The summed E-state index contributed by atoms with van der Waals surface area (Å²) < 4.78 is 52.9. The number of carbonyl (C=O) groups excluding carboxylic acids is 2. The Morgan fingerprint density at radius 1 is 1.05 bits per heavy atom. The summed E-state index contributed by atoms with van der Waals surface area (Å²) in [5.41, 5.74) is 0.665. The first-order chi connectivity index (χ1) is 21.1. The Labute approximate surface area is 252 Å². The molecular formula is C32H32F2N4O6. The lowest BCUT2D eigenvalue weighted by Gasteiger charge is -2.36. The van der Waals surface area contributed by atoms with Gasteiger partial charge in [-0.05, 0) is 61.0 Å². The van der Waals surface area contributed by atoms with E-state index in [1.54, 1.807) is 72.4 Å². The Balaban J connectivity index is 1.31. The summed E-state index contributed by atoms with van der Waals surface area (Å²) in [5.74, 6) is -4.05. The molecule has 1 fully saturated rings. The summed E-state index contributed by atoms with van der Waals surface area (Å²) in [6, 6.07) is 17.2. The average Bonchev–Trinajstić information content (AvgIpc) is 3.70. The molecule has 0 radical (unpaired) electrons. The van der Waals surface area contributed by atoms with Crippen molar-refractivity contribution < 1.29 is 37.3 Å². The predicted molar refractivity (Wildman–Crippen MR) is 157 cm³/mol. The molecule has 2 N–H and O–H groups in total. The number of fused-ring (bicyclic) bond motifs is 2. The summed E-state index contributed by atoms with van der Waals surface area (Å²) >= 11 is 0. The molecule has 2 atom stereocenters. The van der Waals surface area contributed by atoms with Crippen molar-refractivity contribution in [2.75, 3.05) is 26.4 Å². The number of ether oxygens (including phenoxy) is 4. The number of rotatable bonds is 9. The molecule has 12 heteroatoms. The van der Waals surface area contributed by atoms with Crippen LogP contribution in [0, 0.1) is 0 Å². The summed E-state index contributed by atoms with van der Waals surface area (Å²) in [7, 11) is 0. The molecular weight excluding hydrogens is 574 g/mol. The van der Waals surface area contributed by atoms with Gasteiger partial charge in [0.1, 0.15) is 19.0 Å². The van der Waals surface area contributed by atoms with Crippen LogP contribution in [-0.4, -0.2) is 60.0 Å². The number of alkyl halides is 2. The van der Waals surface area contributed by atoms with Crippen LogP contribution in [0.2, 0.25) is 0 Å². The van der Waals surface area contributed by atoms with E-state index in [9.17, 15) is 18.4 Å². The second-order valence-electron chi connectivity index (χ2n) is 10.8. The van der Waals surface area contributed by atoms with Crippen molar-refractivity contribution in [3.63, 3.8) is 0 Å². The molecule has 2 amide bonds. The second-order valence-corrected chi connectivity index (χ2v) is 10.8. The molecule has 2 aliphatic rings. The Kier molecular flexibility index (Phi) is 7.85. The first-order valence-corrected chi connectivity index (χ1v) is 14.4. The number of hydrogen-bond acceptors (Lipinski definition) is 7. The van der Waals surface area contributed by atoms with Gasteiger partial charge in [-0.1, -0.05) is 13.0 Å². The van der Waals surface area contributed by atoms with Crippen molar-refractivity contribution in [1.82, 2.24) is 20.4 Å². The van der Waals surface area contributed by atoms with Crippen LogP contribution in [0.4, 0.5) is 8.78 Å². The average molecular weight is 607 g/mol. The lowest BCUT2D eigenvalue weighted by molar-refractivity contribution is -0.150. The van der Waals surface area contributed by atoms with E-state index in [0.29, 0.717) is 72.8 Å². The van der Waals surface area contributed by atoms with Gasteiger partial charge in [-0.15, -0.1) is 0 Å². The monoisotopic (exact) mass is 606 g/mol. The summed E-state index contributed by atoms with van der Waals surface area (Å²) in [6.07, 6.45) is 2.53. The number of amides is 2. The molecule has 6 rings (SSSR count). The van der Waals surface area contributed by atoms with Gasteiger partial charge in [0, 0.05) is 36.5 Å². The van der Waals surface area contributed by atoms with Gasteiger partial charge >= 0.3 is 5.92 Å². The van der Waals surface area contributed by atoms with Crippen LogP contribution in [-0.2, 0) is 15.3 Å². The predicted octanol–water partition coefficient (Wildman–Crippen LogP) is 4.73. The zero-order valence-electron chi connectivity index (χ0n) is 24.3. The number of benzene rings is 3. The largest absolute Gasteiger partial charge is 0.486 e. The maximum absolute atomic E-state index is 14.1. The molecule has 0 spiro atoms. The van der Waals surface area contributed by atoms with Gasteiger partial charge in [0.05, 0.1) is 30.0 Å². The lowest BCUT2D eigenvalue weighted by atomic mass is 9.98. The maximum Gasteiger partial charge on any atom is 0.322 e. The highest BCUT2D eigenvalue weighted by Crippen LogP contribution is 2.38. The second kappa shape index (κ2) is 11.8. The molecule has 3 heterocycles. The minimum absolute atomic E-state index is 0.0131. The van der Waals surface area contributed by atoms with Crippen molar-refractivity contribution in [3.05, 3.63) is 78.0 Å². The lowest BCUT2D eigenvalue weighted by Crippen LogP contribution is -2.54. The highest BCUT2D eigenvalue weighted by Gasteiger charge is 2.42. The Hall–Kier alpha value is -4.71. The minimum atomic E-state index is -3.64. The quantitative estimate of drug-likeness (QED) is 0.265. The Bertz CT molecular complexity index is 1700. The molecule has 1 aromatic heterocycles. The van der Waals surface area contributed by atoms with E-state index in [1.807, 2.05) is 6.07 Å². The van der Waals surface area contributed by atoms with E-state index >= 15 is 0 Å². The number of nitrogens with one attached hydrogen (secondary N) is 2. The van der Waals surface area contributed by atoms with Gasteiger partial charge in [-0.25, -0.2) is 4.68 Å². The maximum atomic E-state index is 14.1. The molecule has 0 aliphatic carbocycles. The highest BCUT2D eigenvalue weighted by atomic mass is 19.3. The van der Waals surface area contributed by atoms with Gasteiger partial charge < -0.3 is 29.6 Å². The molecule has 1 saturated heterocycles. The van der Waals surface area contributed by atoms with Crippen LogP contribution in [0.3, 0.4) is 0 Å². The van der Waals surface area contributed by atoms with E-state index in [4.69, 9.17) is 18.9 Å². The number of aromatic nitrogens is 2. The van der Waals surface area contributed by atoms with Crippen LogP contribution < -0.4 is 24.8 Å². The summed E-state index contributed by atoms with van der Waals surface area (Å²) in [5, 5.41) is 10.6. The SMILES string of the molecule is CCC(NC(=O)C(C)(F)F)(Oc1ccc2c(cnn2-c2cccc(C(=O)NC3CCOC3)c2)c1)c1ccc2c(c1)OCCO2. The minimum Gasteiger partial charge on any atom is -0.486 e. The van der Waals surface area contributed by atoms with Gasteiger partial charge in [-0.2, -0.15) is 13.9 Å². The van der Waals surface area contributed by atoms with Crippen LogP contribution in [0.1, 0.15) is 42.6 Å². The standard InChI is InChI=1S/C32H32F2N4O6/c1-3-32(37-30(40)31(2,33)34,22-7-10-27-28(17-22)43-14-13-42-27)44-25-8-9-26-21(16-25)18-35-38(26)24-6-4-5-20(15-24)29(39)36-23-11-12-41-19-23/h4-10,15-18,23H,3,11-14,19H2,1-2H3,(H,36,39)(H,37,40). The first-order valence-electron chi connectivity index (χ1n) is 14.4. The fourth-order valence-corrected chi connectivity index (χ4v) is 5.29. The third-order valence-corrected chi connectivity index (χ3v) is 7.67. The fourth-order valence-electron chi connectivity index (χ4n) is 5.29. The molecule has 10 nitrogen and oxygen atoms in total. The zero-order valence-corrected chi connectivity index (χ0v) is 24.3. The number of nitrogens with zero attached hydrogens (tertiary/aromatic N) is 2. The van der Waals surface area contributed by atoms with E-state index < -0.39 is 17.6 Å².